The first kappa shape index (κ1) is 11.1. The molecule has 2 aromatic heterocycles. The minimum atomic E-state index is 0.444. The van der Waals surface area contributed by atoms with Crippen LogP contribution in [0.1, 0.15) is 17.1 Å². The van der Waals surface area contributed by atoms with E-state index in [9.17, 15) is 0 Å². The molecule has 0 aromatic carbocycles. The Morgan fingerprint density at radius 1 is 1.44 bits per heavy atom. The SMILES string of the molecule is Cc1nnc(SCc2cccnc2CN)o1. The van der Waals surface area contributed by atoms with Gasteiger partial charge in [0, 0.05) is 25.4 Å². The van der Waals surface area contributed by atoms with Crippen LogP contribution in [0, 0.1) is 6.92 Å². The van der Waals surface area contributed by atoms with Gasteiger partial charge in [0.2, 0.25) is 5.89 Å². The molecule has 0 saturated heterocycles. The van der Waals surface area contributed by atoms with Crippen LogP contribution in [0.15, 0.2) is 28.0 Å². The van der Waals surface area contributed by atoms with Gasteiger partial charge >= 0.3 is 0 Å². The van der Waals surface area contributed by atoms with E-state index in [0.717, 1.165) is 17.0 Å². The van der Waals surface area contributed by atoms with E-state index in [-0.39, 0.29) is 0 Å². The van der Waals surface area contributed by atoms with Gasteiger partial charge in [0.05, 0.1) is 5.69 Å². The molecule has 0 aliphatic heterocycles. The maximum Gasteiger partial charge on any atom is 0.276 e. The van der Waals surface area contributed by atoms with Gasteiger partial charge in [-0.2, -0.15) is 0 Å². The summed E-state index contributed by atoms with van der Waals surface area (Å²) in [4.78, 5) is 4.21. The first-order chi connectivity index (χ1) is 7.79. The molecule has 0 aliphatic rings. The van der Waals surface area contributed by atoms with Crippen molar-refractivity contribution in [2.75, 3.05) is 0 Å². The fraction of sp³-hybridized carbons (Fsp3) is 0.300. The molecule has 0 amide bonds. The van der Waals surface area contributed by atoms with E-state index >= 15 is 0 Å². The standard InChI is InChI=1S/C10H12N4OS/c1-7-13-14-10(15-7)16-6-8-3-2-4-12-9(8)5-11/h2-4H,5-6,11H2,1H3. The highest BCUT2D eigenvalue weighted by molar-refractivity contribution is 7.98. The second-order valence-electron chi connectivity index (χ2n) is 3.19. The number of nitrogens with two attached hydrogens (primary N) is 1. The van der Waals surface area contributed by atoms with Gasteiger partial charge in [-0.15, -0.1) is 10.2 Å². The molecule has 0 fully saturated rings. The van der Waals surface area contributed by atoms with Crippen molar-refractivity contribution >= 4 is 11.8 Å². The van der Waals surface area contributed by atoms with E-state index < -0.39 is 0 Å². The molecule has 0 aliphatic carbocycles. The molecule has 0 saturated carbocycles. The van der Waals surface area contributed by atoms with Crippen LogP contribution in [-0.4, -0.2) is 15.2 Å². The van der Waals surface area contributed by atoms with Crippen LogP contribution in [0.2, 0.25) is 0 Å². The Morgan fingerprint density at radius 2 is 2.31 bits per heavy atom. The largest absolute Gasteiger partial charge is 0.416 e. The molecule has 2 aromatic rings. The molecule has 2 N–H and O–H groups in total. The summed E-state index contributed by atoms with van der Waals surface area (Å²) in [5.41, 5.74) is 7.61. The number of pyridine rings is 1. The van der Waals surface area contributed by atoms with Crippen LogP contribution in [0.5, 0.6) is 0 Å². The number of hydrogen-bond donors (Lipinski definition) is 1. The zero-order valence-electron chi connectivity index (χ0n) is 8.88. The van der Waals surface area contributed by atoms with Crippen LogP contribution in [-0.2, 0) is 12.3 Å². The lowest BCUT2D eigenvalue weighted by molar-refractivity contribution is 0.429. The molecule has 6 heteroatoms. The van der Waals surface area contributed by atoms with Crippen LogP contribution < -0.4 is 5.73 Å². The smallest absolute Gasteiger partial charge is 0.276 e. The summed E-state index contributed by atoms with van der Waals surface area (Å²) in [6.45, 7) is 2.21. The van der Waals surface area contributed by atoms with E-state index in [1.807, 2.05) is 12.1 Å². The minimum absolute atomic E-state index is 0.444. The highest BCUT2D eigenvalue weighted by atomic mass is 32.2. The fourth-order valence-electron chi connectivity index (χ4n) is 1.26. The van der Waals surface area contributed by atoms with Gasteiger partial charge in [-0.05, 0) is 11.6 Å². The Hall–Kier alpha value is -1.40. The third kappa shape index (κ3) is 2.59. The van der Waals surface area contributed by atoms with E-state index in [4.69, 9.17) is 10.2 Å². The van der Waals surface area contributed by atoms with Gasteiger partial charge in [-0.3, -0.25) is 4.98 Å². The first-order valence-corrected chi connectivity index (χ1v) is 5.84. The molecule has 84 valence electrons. The Bertz CT molecular complexity index is 471. The second-order valence-corrected chi connectivity index (χ2v) is 4.12. The van der Waals surface area contributed by atoms with Gasteiger partial charge in [0.25, 0.3) is 5.22 Å². The fourth-order valence-corrected chi connectivity index (χ4v) is 2.08. The lowest BCUT2D eigenvalue weighted by Crippen LogP contribution is -2.03. The van der Waals surface area contributed by atoms with Crippen molar-refractivity contribution in [1.82, 2.24) is 15.2 Å². The second kappa shape index (κ2) is 5.09. The lowest BCUT2D eigenvalue weighted by atomic mass is 10.2. The molecule has 16 heavy (non-hydrogen) atoms. The summed E-state index contributed by atoms with van der Waals surface area (Å²) < 4.78 is 5.27. The maximum absolute atomic E-state index is 5.60. The van der Waals surface area contributed by atoms with Gasteiger partial charge < -0.3 is 10.2 Å². The average molecular weight is 236 g/mol. The number of thioether (sulfide) groups is 1. The van der Waals surface area contributed by atoms with Crippen molar-refractivity contribution in [2.45, 2.75) is 24.4 Å². The molecule has 0 radical (unpaired) electrons. The molecule has 2 rings (SSSR count). The Labute approximate surface area is 97.5 Å². The van der Waals surface area contributed by atoms with Crippen molar-refractivity contribution in [1.29, 1.82) is 0 Å². The van der Waals surface area contributed by atoms with Crippen LogP contribution >= 0.6 is 11.8 Å². The van der Waals surface area contributed by atoms with Gasteiger partial charge in [-0.1, -0.05) is 17.8 Å². The Kier molecular flexibility index (Phi) is 3.53. The van der Waals surface area contributed by atoms with Crippen molar-refractivity contribution in [3.05, 3.63) is 35.5 Å². The molecule has 2 heterocycles. The average Bonchev–Trinajstić information content (AvgIpc) is 2.73. The number of rotatable bonds is 4. The Morgan fingerprint density at radius 3 is 3.00 bits per heavy atom. The van der Waals surface area contributed by atoms with E-state index in [2.05, 4.69) is 15.2 Å². The summed E-state index contributed by atoms with van der Waals surface area (Å²) in [7, 11) is 0. The zero-order valence-corrected chi connectivity index (χ0v) is 9.70. The molecular formula is C10H12N4OS. The molecule has 0 bridgehead atoms. The van der Waals surface area contributed by atoms with Crippen molar-refractivity contribution in [2.24, 2.45) is 5.73 Å². The predicted octanol–water partition coefficient (Wildman–Crippen LogP) is 1.52. The maximum atomic E-state index is 5.60. The molecule has 5 nitrogen and oxygen atoms in total. The zero-order chi connectivity index (χ0) is 11.4. The number of hydrogen-bond acceptors (Lipinski definition) is 6. The predicted molar refractivity (Wildman–Crippen MR) is 60.7 cm³/mol. The quantitative estimate of drug-likeness (QED) is 0.811. The van der Waals surface area contributed by atoms with Gasteiger partial charge in [0.15, 0.2) is 0 Å². The van der Waals surface area contributed by atoms with Crippen molar-refractivity contribution < 1.29 is 4.42 Å². The van der Waals surface area contributed by atoms with Crippen molar-refractivity contribution in [3.63, 3.8) is 0 Å². The first-order valence-electron chi connectivity index (χ1n) is 4.85. The van der Waals surface area contributed by atoms with E-state index in [1.165, 1.54) is 11.8 Å². The highest BCUT2D eigenvalue weighted by Crippen LogP contribution is 2.22. The summed E-state index contributed by atoms with van der Waals surface area (Å²) in [6.07, 6.45) is 1.74. The molecule has 0 unspecified atom stereocenters. The van der Waals surface area contributed by atoms with Crippen LogP contribution in [0.4, 0.5) is 0 Å². The lowest BCUT2D eigenvalue weighted by Gasteiger charge is -2.03. The summed E-state index contributed by atoms with van der Waals surface area (Å²) in [5, 5.41) is 8.25. The number of aromatic nitrogens is 3. The number of aryl methyl sites for hydroxylation is 1. The minimum Gasteiger partial charge on any atom is -0.416 e. The summed E-state index contributed by atoms with van der Waals surface area (Å²) in [5.74, 6) is 1.31. The van der Waals surface area contributed by atoms with Crippen LogP contribution in [0.3, 0.4) is 0 Å². The van der Waals surface area contributed by atoms with Crippen molar-refractivity contribution in [3.8, 4) is 0 Å². The highest BCUT2D eigenvalue weighted by Gasteiger charge is 2.06. The third-order valence-corrected chi connectivity index (χ3v) is 2.90. The normalized spacial score (nSPS) is 10.6. The van der Waals surface area contributed by atoms with E-state index in [1.54, 1.807) is 13.1 Å². The molecule has 0 spiro atoms. The number of nitrogens with zero attached hydrogens (tertiary/aromatic N) is 3. The Balaban J connectivity index is 2.04. The van der Waals surface area contributed by atoms with Gasteiger partial charge in [0.1, 0.15) is 0 Å². The topological polar surface area (TPSA) is 77.8 Å². The van der Waals surface area contributed by atoms with E-state index in [0.29, 0.717) is 17.7 Å². The summed E-state index contributed by atoms with van der Waals surface area (Å²) >= 11 is 1.49. The monoisotopic (exact) mass is 236 g/mol. The molecule has 0 atom stereocenters. The molecular weight excluding hydrogens is 224 g/mol. The van der Waals surface area contributed by atoms with Gasteiger partial charge in [-0.25, -0.2) is 0 Å². The third-order valence-electron chi connectivity index (χ3n) is 2.04. The van der Waals surface area contributed by atoms with Crippen LogP contribution in [0.25, 0.3) is 0 Å². The summed E-state index contributed by atoms with van der Waals surface area (Å²) in [6, 6.07) is 3.90.